The van der Waals surface area contributed by atoms with Gasteiger partial charge in [-0.3, -0.25) is 9.59 Å². The number of nitrogens with two attached hydrogens (primary N) is 1. The molecule has 6 aliphatic rings. The Bertz CT molecular complexity index is 2330. The standard InChI is InChI=1S/C57H70N4O4/c1-65-54-31-42(45(30-53(54)64)29-46-37-61-55(58)32-43(46)18-16-40-11-5-10-39(26-40)15-14-38-8-3-2-4-9-38)19-21-49(62)33-50(63)27-41-17-20-48-13-6-23-57(48,34-41)35-52-51-22-25-59-36-47(51)28-44-12-7-24-60-56(44)52/h2-5,7-12,17,19-21,26,30-32,37,41,44,47-48,51-52,55-56,59-61,64H,6,13-16,18,22-25,27-29,33-36,58H2,1H3/b21-19+/t41-,44-,47-,48+,51+,52-,55?,56+,57-/m0/s1. The summed E-state index contributed by atoms with van der Waals surface area (Å²) in [7, 11) is 1.52. The molecule has 0 amide bonds. The molecule has 3 aliphatic carbocycles. The second kappa shape index (κ2) is 20.7. The molecule has 3 aliphatic heterocycles. The van der Waals surface area contributed by atoms with Crippen molar-refractivity contribution in [1.82, 2.24) is 16.0 Å². The van der Waals surface area contributed by atoms with E-state index >= 15 is 0 Å². The third-order valence-corrected chi connectivity index (χ3v) is 16.1. The summed E-state index contributed by atoms with van der Waals surface area (Å²) < 4.78 is 5.51. The number of benzene rings is 3. The topological polar surface area (TPSA) is 126 Å². The number of hydrogen-bond donors (Lipinski definition) is 5. The van der Waals surface area contributed by atoms with Gasteiger partial charge in [-0.1, -0.05) is 91.4 Å². The highest BCUT2D eigenvalue weighted by molar-refractivity contribution is 6.06. The molecule has 342 valence electrons. The normalized spacial score (nSPS) is 29.3. The number of carbonyl (C=O) groups excluding carboxylic acids is 2. The van der Waals surface area contributed by atoms with Crippen LogP contribution < -0.4 is 26.4 Å². The summed E-state index contributed by atoms with van der Waals surface area (Å²) in [5.41, 5.74) is 14.4. The Balaban J connectivity index is 0.831. The second-order valence-corrected chi connectivity index (χ2v) is 20.2. The van der Waals surface area contributed by atoms with Crippen LogP contribution in [-0.4, -0.2) is 55.6 Å². The van der Waals surface area contributed by atoms with Crippen molar-refractivity contribution in [2.75, 3.05) is 26.7 Å². The number of nitrogens with one attached hydrogen (secondary N) is 3. The SMILES string of the molecule is COc1cc(/C=C/C(=O)CC(=O)C[C@@H]2C=C[C@H]3CCC[C@@]3(C[C@H]3[C@@H]4CCNC[C@@H]4C[C@@H]4C=CCN[C@@H]34)C2)c(CC2=CNC(N)C=C2CCc2cccc(CCc3ccccc3)c2)cc1O. The highest BCUT2D eigenvalue weighted by Crippen LogP contribution is 2.58. The van der Waals surface area contributed by atoms with Gasteiger partial charge in [-0.15, -0.1) is 0 Å². The summed E-state index contributed by atoms with van der Waals surface area (Å²) in [5.74, 6) is 3.70. The van der Waals surface area contributed by atoms with E-state index in [2.05, 4.69) is 101 Å². The molecule has 8 heteroatoms. The van der Waals surface area contributed by atoms with Gasteiger partial charge in [0.15, 0.2) is 17.3 Å². The zero-order chi connectivity index (χ0) is 44.8. The molecule has 0 bridgehead atoms. The molecule has 65 heavy (non-hydrogen) atoms. The van der Waals surface area contributed by atoms with Crippen LogP contribution >= 0.6 is 0 Å². The molecule has 0 spiro atoms. The number of Topliss-reactive ketones (excluding diaryl/α,β-unsaturated/α-hetero) is 1. The Morgan fingerprint density at radius 3 is 2.60 bits per heavy atom. The van der Waals surface area contributed by atoms with E-state index in [1.165, 1.54) is 68.4 Å². The van der Waals surface area contributed by atoms with Crippen LogP contribution in [0.4, 0.5) is 0 Å². The van der Waals surface area contributed by atoms with Gasteiger partial charge in [0.25, 0.3) is 0 Å². The number of ketones is 2. The first-order valence-electron chi connectivity index (χ1n) is 24.7. The van der Waals surface area contributed by atoms with Crippen LogP contribution in [0.3, 0.4) is 0 Å². The smallest absolute Gasteiger partial charge is 0.163 e. The number of fused-ring (bicyclic) bond motifs is 3. The number of hydrogen-bond acceptors (Lipinski definition) is 8. The number of allylic oxidation sites excluding steroid dienone is 5. The van der Waals surface area contributed by atoms with Crippen molar-refractivity contribution in [3.8, 4) is 11.5 Å². The molecule has 3 fully saturated rings. The lowest BCUT2D eigenvalue weighted by Gasteiger charge is -2.54. The second-order valence-electron chi connectivity index (χ2n) is 20.2. The van der Waals surface area contributed by atoms with E-state index < -0.39 is 0 Å². The summed E-state index contributed by atoms with van der Waals surface area (Å²) in [6, 6.07) is 23.5. The Morgan fingerprint density at radius 2 is 1.75 bits per heavy atom. The van der Waals surface area contributed by atoms with Gasteiger partial charge in [0.05, 0.1) is 19.7 Å². The monoisotopic (exact) mass is 875 g/mol. The fourth-order valence-corrected chi connectivity index (χ4v) is 12.9. The Kier molecular flexibility index (Phi) is 14.3. The third kappa shape index (κ3) is 10.8. The Morgan fingerprint density at radius 1 is 0.938 bits per heavy atom. The lowest BCUT2D eigenvalue weighted by atomic mass is 9.55. The molecule has 2 saturated carbocycles. The van der Waals surface area contributed by atoms with E-state index in [-0.39, 0.29) is 41.2 Å². The van der Waals surface area contributed by atoms with Gasteiger partial charge < -0.3 is 31.5 Å². The lowest BCUT2D eigenvalue weighted by molar-refractivity contribution is -0.125. The zero-order valence-corrected chi connectivity index (χ0v) is 38.4. The van der Waals surface area contributed by atoms with Gasteiger partial charge in [-0.2, -0.15) is 0 Å². The van der Waals surface area contributed by atoms with Crippen molar-refractivity contribution < 1.29 is 19.4 Å². The molecule has 8 nitrogen and oxygen atoms in total. The van der Waals surface area contributed by atoms with Gasteiger partial charge in [-0.05, 0) is 188 Å². The predicted octanol–water partition coefficient (Wildman–Crippen LogP) is 9.13. The third-order valence-electron chi connectivity index (χ3n) is 16.1. The minimum Gasteiger partial charge on any atom is -0.504 e. The number of methoxy groups -OCH3 is 1. The van der Waals surface area contributed by atoms with Crippen molar-refractivity contribution in [3.63, 3.8) is 0 Å². The summed E-state index contributed by atoms with van der Waals surface area (Å²) in [5, 5.41) is 21.9. The molecule has 0 aromatic heterocycles. The summed E-state index contributed by atoms with van der Waals surface area (Å²) in [4.78, 5) is 27.3. The highest BCUT2D eigenvalue weighted by atomic mass is 16.5. The van der Waals surface area contributed by atoms with E-state index in [0.717, 1.165) is 85.8 Å². The molecule has 6 N–H and O–H groups in total. The van der Waals surface area contributed by atoms with Gasteiger partial charge in [0.2, 0.25) is 0 Å². The van der Waals surface area contributed by atoms with E-state index in [4.69, 9.17) is 10.5 Å². The zero-order valence-electron chi connectivity index (χ0n) is 38.4. The van der Waals surface area contributed by atoms with Gasteiger partial charge in [0, 0.05) is 25.2 Å². The molecule has 3 heterocycles. The first-order chi connectivity index (χ1) is 31.7. The molecule has 1 unspecified atom stereocenters. The Labute approximate surface area is 387 Å². The van der Waals surface area contributed by atoms with Crippen LogP contribution in [0.15, 0.2) is 121 Å². The number of aryl methyl sites for hydroxylation is 3. The first-order valence-corrected chi connectivity index (χ1v) is 24.7. The number of phenols is 1. The van der Waals surface area contributed by atoms with Crippen molar-refractivity contribution in [2.45, 2.75) is 102 Å². The predicted molar refractivity (Wildman–Crippen MR) is 261 cm³/mol. The summed E-state index contributed by atoms with van der Waals surface area (Å²) in [6.07, 6.45) is 29.8. The molecule has 9 rings (SSSR count). The first kappa shape index (κ1) is 45.1. The largest absolute Gasteiger partial charge is 0.504 e. The van der Waals surface area contributed by atoms with Crippen LogP contribution in [0.1, 0.15) is 92.0 Å². The molecule has 0 radical (unpaired) electrons. The van der Waals surface area contributed by atoms with Gasteiger partial charge >= 0.3 is 0 Å². The van der Waals surface area contributed by atoms with E-state index in [9.17, 15) is 14.7 Å². The van der Waals surface area contributed by atoms with Crippen LogP contribution in [-0.2, 0) is 35.3 Å². The van der Waals surface area contributed by atoms with Crippen molar-refractivity contribution in [3.05, 3.63) is 148 Å². The van der Waals surface area contributed by atoms with Crippen molar-refractivity contribution in [1.29, 1.82) is 0 Å². The number of rotatable bonds is 17. The number of ether oxygens (including phenoxy) is 1. The number of carbonyl (C=O) groups is 2. The summed E-state index contributed by atoms with van der Waals surface area (Å²) >= 11 is 0. The van der Waals surface area contributed by atoms with Crippen LogP contribution in [0.25, 0.3) is 6.08 Å². The molecular formula is C57H70N4O4. The number of dihydropyridines is 1. The van der Waals surface area contributed by atoms with Gasteiger partial charge in [-0.25, -0.2) is 0 Å². The quantitative estimate of drug-likeness (QED) is 0.0517. The van der Waals surface area contributed by atoms with E-state index in [1.807, 2.05) is 6.20 Å². The molecule has 1 saturated heterocycles. The summed E-state index contributed by atoms with van der Waals surface area (Å²) in [6.45, 7) is 3.24. The van der Waals surface area contributed by atoms with E-state index in [0.29, 0.717) is 42.4 Å². The van der Waals surface area contributed by atoms with Crippen LogP contribution in [0, 0.1) is 40.9 Å². The van der Waals surface area contributed by atoms with Crippen molar-refractivity contribution >= 4 is 17.6 Å². The maximum absolute atomic E-state index is 13.7. The fraction of sp³-hybridized carbons (Fsp3) is 0.474. The van der Waals surface area contributed by atoms with Crippen molar-refractivity contribution in [2.24, 2.45) is 46.7 Å². The minimum atomic E-state index is -0.294. The molecular weight excluding hydrogens is 805 g/mol. The average molecular weight is 875 g/mol. The minimum absolute atomic E-state index is 0.00549. The fourth-order valence-electron chi connectivity index (χ4n) is 12.9. The maximum Gasteiger partial charge on any atom is 0.163 e. The van der Waals surface area contributed by atoms with Crippen LogP contribution in [0.2, 0.25) is 0 Å². The number of piperidine rings is 1. The molecule has 3 aromatic rings. The lowest BCUT2D eigenvalue weighted by Crippen LogP contribution is -2.57. The maximum atomic E-state index is 13.7. The number of phenolic OH excluding ortho intramolecular Hbond substituents is 1. The molecule has 3 aromatic carbocycles. The number of aromatic hydroxyl groups is 1. The van der Waals surface area contributed by atoms with E-state index in [1.54, 1.807) is 18.2 Å². The molecule has 9 atom stereocenters. The average Bonchev–Trinajstić information content (AvgIpc) is 3.74. The highest BCUT2D eigenvalue weighted by Gasteiger charge is 2.52. The van der Waals surface area contributed by atoms with Gasteiger partial charge in [0.1, 0.15) is 5.78 Å². The van der Waals surface area contributed by atoms with Crippen LogP contribution in [0.5, 0.6) is 11.5 Å². The Hall–Kier alpha value is -5.02.